The van der Waals surface area contributed by atoms with E-state index >= 15 is 0 Å². The smallest absolute Gasteiger partial charge is 0.252 e. The molecule has 1 N–H and O–H groups in total. The van der Waals surface area contributed by atoms with E-state index in [4.69, 9.17) is 0 Å². The number of thiazole rings is 1. The van der Waals surface area contributed by atoms with Crippen molar-refractivity contribution in [1.29, 1.82) is 0 Å². The van der Waals surface area contributed by atoms with Crippen LogP contribution in [-0.2, 0) is 14.8 Å². The van der Waals surface area contributed by atoms with Crippen LogP contribution in [0.15, 0.2) is 39.9 Å². The Morgan fingerprint density at radius 2 is 2.19 bits per heavy atom. The van der Waals surface area contributed by atoms with Crippen LogP contribution >= 0.6 is 22.7 Å². The van der Waals surface area contributed by atoms with Gasteiger partial charge >= 0.3 is 0 Å². The summed E-state index contributed by atoms with van der Waals surface area (Å²) >= 11 is 2.64. The Morgan fingerprint density at radius 3 is 2.96 bits per heavy atom. The average molecular weight is 422 g/mol. The van der Waals surface area contributed by atoms with Crippen molar-refractivity contribution in [2.45, 2.75) is 24.0 Å². The molecule has 0 radical (unpaired) electrons. The molecule has 1 fully saturated rings. The molecule has 0 spiro atoms. The zero-order valence-electron chi connectivity index (χ0n) is 14.7. The SMILES string of the molecule is Cc1ccc2nc(NC(=O)[C@@H]3CCCN(S(=O)(=O)c4cccs4)C3)sc2c1. The zero-order chi connectivity index (χ0) is 19.0. The average Bonchev–Trinajstić information content (AvgIpc) is 3.31. The van der Waals surface area contributed by atoms with Crippen molar-refractivity contribution in [3.8, 4) is 0 Å². The van der Waals surface area contributed by atoms with Gasteiger partial charge in [0.2, 0.25) is 5.91 Å². The second-order valence-electron chi connectivity index (χ2n) is 6.61. The second kappa shape index (κ2) is 7.31. The maximum atomic E-state index is 12.7. The number of hydrogen-bond donors (Lipinski definition) is 1. The first-order valence-electron chi connectivity index (χ1n) is 8.65. The fraction of sp³-hybridized carbons (Fsp3) is 0.333. The first-order chi connectivity index (χ1) is 12.9. The molecule has 0 aliphatic carbocycles. The summed E-state index contributed by atoms with van der Waals surface area (Å²) in [6, 6.07) is 9.29. The van der Waals surface area contributed by atoms with Crippen molar-refractivity contribution in [1.82, 2.24) is 9.29 Å². The molecule has 1 aliphatic heterocycles. The predicted molar refractivity (Wildman–Crippen MR) is 109 cm³/mol. The second-order valence-corrected chi connectivity index (χ2v) is 10.8. The molecule has 2 aromatic heterocycles. The van der Waals surface area contributed by atoms with E-state index in [1.54, 1.807) is 17.5 Å². The van der Waals surface area contributed by atoms with Crippen LogP contribution in [0.25, 0.3) is 10.2 Å². The number of carbonyl (C=O) groups is 1. The number of benzene rings is 1. The normalized spacial score (nSPS) is 18.6. The molecule has 142 valence electrons. The van der Waals surface area contributed by atoms with Gasteiger partial charge in [0.1, 0.15) is 4.21 Å². The van der Waals surface area contributed by atoms with E-state index in [9.17, 15) is 13.2 Å². The number of aromatic nitrogens is 1. The van der Waals surface area contributed by atoms with Crippen molar-refractivity contribution in [3.63, 3.8) is 0 Å². The van der Waals surface area contributed by atoms with E-state index in [0.29, 0.717) is 28.7 Å². The van der Waals surface area contributed by atoms with Gasteiger partial charge in [0.15, 0.2) is 5.13 Å². The Bertz CT molecular complexity index is 1070. The number of rotatable bonds is 4. The van der Waals surface area contributed by atoms with Crippen molar-refractivity contribution < 1.29 is 13.2 Å². The Morgan fingerprint density at radius 1 is 1.33 bits per heavy atom. The monoisotopic (exact) mass is 421 g/mol. The van der Waals surface area contributed by atoms with Crippen LogP contribution in [0.1, 0.15) is 18.4 Å². The Labute approximate surface area is 165 Å². The molecule has 1 amide bonds. The summed E-state index contributed by atoms with van der Waals surface area (Å²) in [5.74, 6) is -0.543. The summed E-state index contributed by atoms with van der Waals surface area (Å²) in [7, 11) is -3.52. The number of carbonyl (C=O) groups excluding carboxylic acids is 1. The number of amides is 1. The van der Waals surface area contributed by atoms with Gasteiger partial charge in [0.25, 0.3) is 10.0 Å². The van der Waals surface area contributed by atoms with Crippen LogP contribution < -0.4 is 5.32 Å². The summed E-state index contributed by atoms with van der Waals surface area (Å²) in [5, 5.41) is 5.18. The molecule has 1 aliphatic rings. The molecule has 3 aromatic rings. The lowest BCUT2D eigenvalue weighted by Gasteiger charge is -2.30. The number of nitrogens with zero attached hydrogens (tertiary/aromatic N) is 2. The van der Waals surface area contributed by atoms with Crippen molar-refractivity contribution in [3.05, 3.63) is 41.3 Å². The van der Waals surface area contributed by atoms with Gasteiger partial charge in [0, 0.05) is 13.1 Å². The third-order valence-electron chi connectivity index (χ3n) is 4.62. The lowest BCUT2D eigenvalue weighted by atomic mass is 9.99. The van der Waals surface area contributed by atoms with Gasteiger partial charge < -0.3 is 5.32 Å². The van der Waals surface area contributed by atoms with Gasteiger partial charge in [-0.3, -0.25) is 4.79 Å². The topological polar surface area (TPSA) is 79.4 Å². The maximum Gasteiger partial charge on any atom is 0.252 e. The number of aryl methyl sites for hydroxylation is 1. The molecular weight excluding hydrogens is 402 g/mol. The van der Waals surface area contributed by atoms with Crippen molar-refractivity contribution in [2.24, 2.45) is 5.92 Å². The molecule has 1 aromatic carbocycles. The fourth-order valence-electron chi connectivity index (χ4n) is 3.20. The molecule has 9 heteroatoms. The molecule has 1 atom stereocenters. The van der Waals surface area contributed by atoms with Gasteiger partial charge in [-0.2, -0.15) is 4.31 Å². The predicted octanol–water partition coefficient (Wildman–Crippen LogP) is 3.71. The number of anilines is 1. The van der Waals surface area contributed by atoms with E-state index in [-0.39, 0.29) is 18.4 Å². The largest absolute Gasteiger partial charge is 0.302 e. The van der Waals surface area contributed by atoms with Crippen molar-refractivity contribution >= 4 is 54.0 Å². The van der Waals surface area contributed by atoms with Gasteiger partial charge in [0.05, 0.1) is 16.1 Å². The van der Waals surface area contributed by atoms with E-state index in [2.05, 4.69) is 10.3 Å². The molecule has 27 heavy (non-hydrogen) atoms. The summed E-state index contributed by atoms with van der Waals surface area (Å²) in [6.07, 6.45) is 1.34. The number of sulfonamides is 1. The van der Waals surface area contributed by atoms with Crippen LogP contribution in [0.2, 0.25) is 0 Å². The molecule has 6 nitrogen and oxygen atoms in total. The lowest BCUT2D eigenvalue weighted by Crippen LogP contribution is -2.43. The number of piperidine rings is 1. The minimum absolute atomic E-state index is 0.170. The zero-order valence-corrected chi connectivity index (χ0v) is 17.2. The van der Waals surface area contributed by atoms with Gasteiger partial charge in [-0.1, -0.05) is 23.5 Å². The Kier molecular flexibility index (Phi) is 5.02. The van der Waals surface area contributed by atoms with E-state index in [1.165, 1.54) is 27.0 Å². The summed E-state index contributed by atoms with van der Waals surface area (Å²) < 4.78 is 28.2. The number of fused-ring (bicyclic) bond motifs is 1. The summed E-state index contributed by atoms with van der Waals surface area (Å²) in [5.41, 5.74) is 2.00. The van der Waals surface area contributed by atoms with Crippen LogP contribution in [0.5, 0.6) is 0 Å². The fourth-order valence-corrected chi connectivity index (χ4v) is 6.84. The highest BCUT2D eigenvalue weighted by Gasteiger charge is 2.34. The lowest BCUT2D eigenvalue weighted by molar-refractivity contribution is -0.120. The summed E-state index contributed by atoms with van der Waals surface area (Å²) in [4.78, 5) is 17.2. The summed E-state index contributed by atoms with van der Waals surface area (Å²) in [6.45, 7) is 2.67. The Balaban J connectivity index is 1.48. The van der Waals surface area contributed by atoms with Gasteiger partial charge in [-0.05, 0) is 48.9 Å². The molecular formula is C18H19N3O3S3. The highest BCUT2D eigenvalue weighted by Crippen LogP contribution is 2.29. The molecule has 4 rings (SSSR count). The highest BCUT2D eigenvalue weighted by atomic mass is 32.2. The van der Waals surface area contributed by atoms with E-state index in [0.717, 1.165) is 15.8 Å². The van der Waals surface area contributed by atoms with Crippen LogP contribution in [0, 0.1) is 12.8 Å². The third kappa shape index (κ3) is 3.77. The molecule has 0 bridgehead atoms. The van der Waals surface area contributed by atoms with Crippen LogP contribution in [0.4, 0.5) is 5.13 Å². The van der Waals surface area contributed by atoms with E-state index in [1.807, 2.05) is 25.1 Å². The van der Waals surface area contributed by atoms with Crippen LogP contribution in [-0.4, -0.2) is 36.7 Å². The quantitative estimate of drug-likeness (QED) is 0.697. The first kappa shape index (κ1) is 18.5. The minimum atomic E-state index is -3.52. The first-order valence-corrected chi connectivity index (χ1v) is 11.8. The van der Waals surface area contributed by atoms with Gasteiger partial charge in [-0.15, -0.1) is 11.3 Å². The van der Waals surface area contributed by atoms with Gasteiger partial charge in [-0.25, -0.2) is 13.4 Å². The number of thiophene rings is 1. The standard InChI is InChI=1S/C18H19N3O3S3/c1-12-6-7-14-15(10-12)26-18(19-14)20-17(22)13-4-2-8-21(11-13)27(23,24)16-5-3-9-25-16/h3,5-7,9-10,13H,2,4,8,11H2,1H3,(H,19,20,22)/t13-/m1/s1. The minimum Gasteiger partial charge on any atom is -0.302 e. The number of hydrogen-bond acceptors (Lipinski definition) is 6. The molecule has 3 heterocycles. The maximum absolute atomic E-state index is 12.7. The van der Waals surface area contributed by atoms with Crippen molar-refractivity contribution in [2.75, 3.05) is 18.4 Å². The Hall–Kier alpha value is -1.81. The van der Waals surface area contributed by atoms with E-state index < -0.39 is 10.0 Å². The molecule has 1 saturated heterocycles. The third-order valence-corrected chi connectivity index (χ3v) is 8.79. The highest BCUT2D eigenvalue weighted by molar-refractivity contribution is 7.91. The molecule has 0 saturated carbocycles. The number of nitrogens with one attached hydrogen (secondary N) is 1. The molecule has 0 unspecified atom stereocenters. The van der Waals surface area contributed by atoms with Crippen LogP contribution in [0.3, 0.4) is 0 Å².